The Hall–Kier alpha value is -1.84. The number of nitrogens with zero attached hydrogens (tertiary/aromatic N) is 1. The molecule has 0 spiro atoms. The van der Waals surface area contributed by atoms with Crippen molar-refractivity contribution in [3.8, 4) is 0 Å². The summed E-state index contributed by atoms with van der Waals surface area (Å²) in [6.07, 6.45) is 1.70. The molecule has 1 heterocycles. The maximum absolute atomic E-state index is 12.8. The van der Waals surface area contributed by atoms with Crippen LogP contribution >= 0.6 is 0 Å². The Morgan fingerprint density at radius 3 is 2.57 bits per heavy atom. The monoisotopic (exact) mass is 315 g/mol. The van der Waals surface area contributed by atoms with E-state index in [0.29, 0.717) is 13.2 Å². The highest BCUT2D eigenvalue weighted by molar-refractivity contribution is 5.86. The van der Waals surface area contributed by atoms with Crippen molar-refractivity contribution in [2.75, 3.05) is 13.2 Å². The third-order valence-corrected chi connectivity index (χ3v) is 5.60. The van der Waals surface area contributed by atoms with Gasteiger partial charge in [0.05, 0.1) is 18.1 Å². The molecule has 0 bridgehead atoms. The van der Waals surface area contributed by atoms with Gasteiger partial charge in [-0.2, -0.15) is 0 Å². The lowest BCUT2D eigenvalue weighted by molar-refractivity contribution is -0.152. The first-order valence-corrected chi connectivity index (χ1v) is 8.54. The van der Waals surface area contributed by atoms with Gasteiger partial charge in [0.15, 0.2) is 0 Å². The van der Waals surface area contributed by atoms with Crippen LogP contribution in [0.5, 0.6) is 0 Å². The van der Waals surface area contributed by atoms with Crippen molar-refractivity contribution in [2.45, 2.75) is 39.7 Å². The smallest absolute Gasteiger partial charge is 0.312 e. The minimum atomic E-state index is -0.420. The van der Waals surface area contributed by atoms with Crippen LogP contribution in [0.15, 0.2) is 30.3 Å². The van der Waals surface area contributed by atoms with Crippen LogP contribution in [0.4, 0.5) is 0 Å². The number of carbonyl (C=O) groups excluding carboxylic acids is 2. The number of amides is 1. The van der Waals surface area contributed by atoms with Gasteiger partial charge in [-0.25, -0.2) is 0 Å². The predicted molar refractivity (Wildman–Crippen MR) is 87.5 cm³/mol. The third-order valence-electron chi connectivity index (χ3n) is 5.60. The van der Waals surface area contributed by atoms with E-state index in [4.69, 9.17) is 4.74 Å². The Kier molecular flexibility index (Phi) is 4.17. The van der Waals surface area contributed by atoms with Crippen LogP contribution in [0, 0.1) is 17.3 Å². The summed E-state index contributed by atoms with van der Waals surface area (Å²) in [5, 5.41) is 0. The number of hydrogen-bond donors (Lipinski definition) is 0. The fraction of sp³-hybridized carbons (Fsp3) is 0.579. The van der Waals surface area contributed by atoms with Gasteiger partial charge in [0.25, 0.3) is 0 Å². The lowest BCUT2D eigenvalue weighted by atomic mass is 9.82. The highest BCUT2D eigenvalue weighted by Gasteiger charge is 2.62. The fourth-order valence-corrected chi connectivity index (χ4v) is 3.94. The van der Waals surface area contributed by atoms with E-state index in [2.05, 4.69) is 6.92 Å². The van der Waals surface area contributed by atoms with Crippen LogP contribution in [0.1, 0.15) is 45.2 Å². The van der Waals surface area contributed by atoms with Crippen LogP contribution < -0.4 is 0 Å². The quantitative estimate of drug-likeness (QED) is 0.784. The Labute approximate surface area is 137 Å². The molecular formula is C19H25NO3. The molecule has 1 saturated carbocycles. The van der Waals surface area contributed by atoms with Crippen molar-refractivity contribution in [3.63, 3.8) is 0 Å². The van der Waals surface area contributed by atoms with Gasteiger partial charge in [0.1, 0.15) is 0 Å². The van der Waals surface area contributed by atoms with Gasteiger partial charge >= 0.3 is 5.97 Å². The summed E-state index contributed by atoms with van der Waals surface area (Å²) in [6.45, 7) is 6.91. The molecule has 1 amide bonds. The van der Waals surface area contributed by atoms with Gasteiger partial charge in [-0.3, -0.25) is 9.59 Å². The minimum absolute atomic E-state index is 0.0362. The maximum Gasteiger partial charge on any atom is 0.312 e. The van der Waals surface area contributed by atoms with Crippen molar-refractivity contribution in [3.05, 3.63) is 35.9 Å². The lowest BCUT2D eigenvalue weighted by Crippen LogP contribution is -2.32. The summed E-state index contributed by atoms with van der Waals surface area (Å²) < 4.78 is 5.28. The largest absolute Gasteiger partial charge is 0.466 e. The second-order valence-corrected chi connectivity index (χ2v) is 6.85. The molecule has 2 aliphatic rings. The first kappa shape index (κ1) is 16.0. The normalized spacial score (nSPS) is 26.9. The molecular weight excluding hydrogens is 290 g/mol. The van der Waals surface area contributed by atoms with E-state index in [9.17, 15) is 9.59 Å². The van der Waals surface area contributed by atoms with Gasteiger partial charge in [-0.1, -0.05) is 37.3 Å². The molecule has 1 aliphatic heterocycles. The van der Waals surface area contributed by atoms with Crippen LogP contribution in [0.2, 0.25) is 0 Å². The molecule has 23 heavy (non-hydrogen) atoms. The first-order valence-electron chi connectivity index (χ1n) is 8.54. The summed E-state index contributed by atoms with van der Waals surface area (Å²) in [7, 11) is 0. The Morgan fingerprint density at radius 2 is 2.00 bits per heavy atom. The highest BCUT2D eigenvalue weighted by atomic mass is 16.5. The molecule has 1 aromatic carbocycles. The molecule has 1 aromatic rings. The Balaban J connectivity index is 1.79. The molecule has 124 valence electrons. The van der Waals surface area contributed by atoms with Crippen molar-refractivity contribution in [2.24, 2.45) is 17.3 Å². The van der Waals surface area contributed by atoms with Gasteiger partial charge in [0.2, 0.25) is 5.91 Å². The van der Waals surface area contributed by atoms with Crippen molar-refractivity contribution >= 4 is 11.9 Å². The summed E-state index contributed by atoms with van der Waals surface area (Å²) in [5.41, 5.74) is 0.714. The van der Waals surface area contributed by atoms with Gasteiger partial charge < -0.3 is 9.64 Å². The van der Waals surface area contributed by atoms with Crippen LogP contribution in [0.3, 0.4) is 0 Å². The second-order valence-electron chi connectivity index (χ2n) is 6.85. The van der Waals surface area contributed by atoms with E-state index in [1.807, 2.05) is 49.1 Å². The van der Waals surface area contributed by atoms with Crippen molar-refractivity contribution in [1.82, 2.24) is 4.90 Å². The van der Waals surface area contributed by atoms with E-state index in [0.717, 1.165) is 18.4 Å². The van der Waals surface area contributed by atoms with Crippen LogP contribution in [-0.4, -0.2) is 29.9 Å². The van der Waals surface area contributed by atoms with E-state index in [-0.39, 0.29) is 29.8 Å². The number of likely N-dealkylation sites (tertiary alicyclic amines) is 1. The third kappa shape index (κ3) is 2.64. The summed E-state index contributed by atoms with van der Waals surface area (Å²) in [5.74, 6) is -0.00549. The zero-order valence-electron chi connectivity index (χ0n) is 14.1. The zero-order valence-corrected chi connectivity index (χ0v) is 14.1. The average Bonchev–Trinajstić information content (AvgIpc) is 3.31. The van der Waals surface area contributed by atoms with Crippen molar-refractivity contribution in [1.29, 1.82) is 0 Å². The van der Waals surface area contributed by atoms with E-state index in [1.54, 1.807) is 0 Å². The summed E-state index contributed by atoms with van der Waals surface area (Å²) in [6, 6.07) is 10.1. The molecule has 0 unspecified atom stereocenters. The van der Waals surface area contributed by atoms with E-state index >= 15 is 0 Å². The van der Waals surface area contributed by atoms with Gasteiger partial charge in [0, 0.05) is 18.4 Å². The molecule has 1 aliphatic carbocycles. The number of rotatable bonds is 5. The number of benzene rings is 1. The van der Waals surface area contributed by atoms with Gasteiger partial charge in [-0.05, 0) is 32.3 Å². The Morgan fingerprint density at radius 1 is 1.35 bits per heavy atom. The van der Waals surface area contributed by atoms with E-state index < -0.39 is 5.41 Å². The maximum atomic E-state index is 12.8. The lowest BCUT2D eigenvalue weighted by Gasteiger charge is -2.26. The number of esters is 1. The number of hydrogen-bond acceptors (Lipinski definition) is 3. The predicted octanol–water partition coefficient (Wildman–Crippen LogP) is 3.19. The molecule has 4 nitrogen and oxygen atoms in total. The fourth-order valence-electron chi connectivity index (χ4n) is 3.94. The molecule has 0 radical (unpaired) electrons. The average molecular weight is 315 g/mol. The minimum Gasteiger partial charge on any atom is -0.466 e. The van der Waals surface area contributed by atoms with Crippen molar-refractivity contribution < 1.29 is 14.3 Å². The Bertz CT molecular complexity index is 594. The van der Waals surface area contributed by atoms with E-state index in [1.165, 1.54) is 0 Å². The molecule has 3 rings (SSSR count). The zero-order chi connectivity index (χ0) is 16.6. The SMILES string of the molecule is CCOC(=O)C1([C@H]2CN([C@@H](C)c3ccccc3)C(=O)[C@@H]2C)CC1. The molecule has 2 fully saturated rings. The molecule has 4 heteroatoms. The standard InChI is InChI=1S/C19H25NO3/c1-4-23-18(22)19(10-11-19)16-12-20(17(21)13(16)2)14(3)15-8-6-5-7-9-15/h5-9,13-14,16H,4,10-12H2,1-3H3/t13-,14+,16+/m1/s1. The number of carbonyl (C=O) groups is 2. The summed E-state index contributed by atoms with van der Waals surface area (Å²) >= 11 is 0. The number of ether oxygens (including phenoxy) is 1. The topological polar surface area (TPSA) is 46.6 Å². The second kappa shape index (κ2) is 5.99. The van der Waals surface area contributed by atoms with Gasteiger partial charge in [-0.15, -0.1) is 0 Å². The van der Waals surface area contributed by atoms with Crippen LogP contribution in [-0.2, 0) is 14.3 Å². The molecule has 1 saturated heterocycles. The van der Waals surface area contributed by atoms with Crippen LogP contribution in [0.25, 0.3) is 0 Å². The highest BCUT2D eigenvalue weighted by Crippen LogP contribution is 2.58. The first-order chi connectivity index (χ1) is 11.0. The molecule has 3 atom stereocenters. The summed E-state index contributed by atoms with van der Waals surface area (Å²) in [4.78, 5) is 27.1. The molecule has 0 aromatic heterocycles. The molecule has 0 N–H and O–H groups in total.